The molecule has 0 heterocycles. The Morgan fingerprint density at radius 3 is 0.294 bits per heavy atom. The van der Waals surface area contributed by atoms with Crippen LogP contribution in [0, 0.1) is 0 Å². The van der Waals surface area contributed by atoms with E-state index >= 15 is 0 Å². The maximum absolute atomic E-state index is 7.17. The summed E-state index contributed by atoms with van der Waals surface area (Å²) in [7, 11) is -8.67. The van der Waals surface area contributed by atoms with Crippen molar-refractivity contribution < 1.29 is 60.3 Å². The summed E-state index contributed by atoms with van der Waals surface area (Å²) in [6.07, 6.45) is 0. The first-order chi connectivity index (χ1) is 6.93. The van der Waals surface area contributed by atoms with E-state index < -0.39 is 29.3 Å². The summed E-state index contributed by atoms with van der Waals surface area (Å²) in [6, 6.07) is 0. The van der Waals surface area contributed by atoms with E-state index in [2.05, 4.69) is 0 Å². The third-order valence-electron chi connectivity index (χ3n) is 0. The molecule has 0 aromatic heterocycles. The van der Waals surface area contributed by atoms with E-state index in [1.807, 2.05) is 0 Å². The molecule has 0 aromatic rings. The van der Waals surface area contributed by atoms with Crippen LogP contribution in [-0.4, -0.2) is 127 Å². The zero-order valence-corrected chi connectivity index (χ0v) is 7.68. The fourth-order valence-corrected chi connectivity index (χ4v) is 0. The minimum atomic E-state index is -2.17. The first-order valence-electron chi connectivity index (χ1n) is 3.10. The molecule has 0 amide bonds. The van der Waals surface area contributed by atoms with E-state index in [1.54, 1.807) is 0 Å². The van der Waals surface area contributed by atoms with Gasteiger partial charge in [0.1, 0.15) is 0 Å². The second-order valence-electron chi connectivity index (χ2n) is 1.39. The van der Waals surface area contributed by atoms with Crippen molar-refractivity contribution in [3.8, 4) is 0 Å². The Morgan fingerprint density at radius 1 is 0.294 bits per heavy atom. The first kappa shape index (κ1) is 30.8. The van der Waals surface area contributed by atoms with E-state index in [0.29, 0.717) is 0 Å². The summed E-state index contributed by atoms with van der Waals surface area (Å²) >= 11 is 0. The van der Waals surface area contributed by atoms with Gasteiger partial charge in [0.25, 0.3) is 0 Å². The molecule has 0 aromatic carbocycles. The zero-order chi connectivity index (χ0) is 14.3. The van der Waals surface area contributed by atoms with E-state index in [1.165, 1.54) is 0 Å². The van der Waals surface area contributed by atoms with Crippen molar-refractivity contribution in [1.29, 1.82) is 0 Å². The molecule has 0 fully saturated rings. The summed E-state index contributed by atoms with van der Waals surface area (Å²) in [4.78, 5) is 0. The van der Waals surface area contributed by atoms with Gasteiger partial charge in [0.15, 0.2) is 0 Å². The molecule has 0 saturated carbocycles. The second kappa shape index (κ2) is 25.8. The molecule has 12 N–H and O–H groups in total. The van der Waals surface area contributed by atoms with Crippen LogP contribution in [0.15, 0.2) is 0 Å². The van der Waals surface area contributed by atoms with E-state index in [4.69, 9.17) is 60.3 Å². The van der Waals surface area contributed by atoms with Crippen LogP contribution in [0.5, 0.6) is 0 Å². The summed E-state index contributed by atoms with van der Waals surface area (Å²) < 4.78 is 0. The Hall–Kier alpha value is 1.04. The van der Waals surface area contributed by atoms with Gasteiger partial charge in [0, 0.05) is 0 Å². The van der Waals surface area contributed by atoms with Crippen LogP contribution in [0.3, 0.4) is 0 Å². The number of hydrogen-bond donors (Lipinski definition) is 12. The van der Waals surface area contributed by atoms with Gasteiger partial charge in [0.05, 0.1) is 0 Å². The van der Waals surface area contributed by atoms with Crippen LogP contribution >= 0.6 is 0 Å². The van der Waals surface area contributed by atoms with Gasteiger partial charge in [-0.3, -0.25) is 0 Å². The van der Waals surface area contributed by atoms with Gasteiger partial charge in [-0.05, 0) is 0 Å². The second-order valence-corrected chi connectivity index (χ2v) is 1.39. The molecule has 0 radical (unpaired) electrons. The molecule has 0 spiro atoms. The van der Waals surface area contributed by atoms with Crippen molar-refractivity contribution in [3.63, 3.8) is 0 Å². The van der Waals surface area contributed by atoms with E-state index in [0.717, 1.165) is 0 Å². The molecular formula is H14B4CaO12. The van der Waals surface area contributed by atoms with Crippen LogP contribution in [-0.2, 0) is 0 Å². The molecule has 0 aliphatic heterocycles. The van der Waals surface area contributed by atoms with Crippen LogP contribution in [0.1, 0.15) is 0 Å². The van der Waals surface area contributed by atoms with Crippen molar-refractivity contribution in [2.24, 2.45) is 0 Å². The molecule has 0 aliphatic rings. The van der Waals surface area contributed by atoms with Gasteiger partial charge in [-0.25, -0.2) is 0 Å². The first-order valence-corrected chi connectivity index (χ1v) is 3.10. The van der Waals surface area contributed by atoms with Gasteiger partial charge in [0.2, 0.25) is 0 Å². The van der Waals surface area contributed by atoms with Crippen molar-refractivity contribution >= 4 is 67.0 Å². The molecule has 12 nitrogen and oxygen atoms in total. The molecule has 0 unspecified atom stereocenters. The van der Waals surface area contributed by atoms with Crippen LogP contribution in [0.25, 0.3) is 0 Å². The average molecular weight is 289 g/mol. The normalized spacial score (nSPS) is 6.35. The summed E-state index contributed by atoms with van der Waals surface area (Å²) in [5.41, 5.74) is 0. The Morgan fingerprint density at radius 2 is 0.294 bits per heavy atom. The van der Waals surface area contributed by atoms with Crippen molar-refractivity contribution in [2.75, 3.05) is 0 Å². The monoisotopic (exact) mass is 290 g/mol. The molecule has 17 heteroatoms. The van der Waals surface area contributed by atoms with E-state index in [9.17, 15) is 0 Å². The molecule has 0 aliphatic carbocycles. The quantitative estimate of drug-likeness (QED) is 0.186. The van der Waals surface area contributed by atoms with Gasteiger partial charge in [-0.15, -0.1) is 0 Å². The standard InChI is InChI=1S/4BH3O3.Ca.2H/c4*2-1(3)4;;;/h4*2-4H;;;. The molecule has 0 bridgehead atoms. The third-order valence-corrected chi connectivity index (χ3v) is 0. The Labute approximate surface area is 127 Å². The SMILES string of the molecule is OB(O)O.OB(O)O.OB(O)O.OB(O)O.[CaH2]. The van der Waals surface area contributed by atoms with E-state index in [-0.39, 0.29) is 37.7 Å². The Kier molecular flexibility index (Phi) is 46.7. The van der Waals surface area contributed by atoms with Crippen molar-refractivity contribution in [2.45, 2.75) is 0 Å². The molecule has 17 heavy (non-hydrogen) atoms. The van der Waals surface area contributed by atoms with Crippen LogP contribution in [0.4, 0.5) is 0 Å². The van der Waals surface area contributed by atoms with Gasteiger partial charge in [-0.2, -0.15) is 0 Å². The molecule has 0 atom stereocenters. The van der Waals surface area contributed by atoms with Crippen molar-refractivity contribution in [3.05, 3.63) is 0 Å². The predicted octanol–water partition coefficient (Wildman–Crippen LogP) is -9.12. The summed E-state index contributed by atoms with van der Waals surface area (Å²) in [5, 5.41) is 86.0. The summed E-state index contributed by atoms with van der Waals surface area (Å²) in [5.74, 6) is 0. The van der Waals surface area contributed by atoms with Crippen LogP contribution in [0.2, 0.25) is 0 Å². The predicted molar refractivity (Wildman–Crippen MR) is 58.2 cm³/mol. The average Bonchev–Trinajstić information content (AvgIpc) is 1.76. The van der Waals surface area contributed by atoms with Crippen molar-refractivity contribution in [1.82, 2.24) is 0 Å². The fourth-order valence-electron chi connectivity index (χ4n) is 0. The topological polar surface area (TPSA) is 243 Å². The molecule has 100 valence electrons. The summed E-state index contributed by atoms with van der Waals surface area (Å²) in [6.45, 7) is 0. The Bertz CT molecular complexity index is 61.5. The Balaban J connectivity index is -0.0000000369. The maximum atomic E-state index is 7.17. The third kappa shape index (κ3) is 3570. The number of rotatable bonds is 0. The van der Waals surface area contributed by atoms with Gasteiger partial charge >= 0.3 is 67.0 Å². The fraction of sp³-hybridized carbons (Fsp3) is 0. The zero-order valence-electron chi connectivity index (χ0n) is 7.68. The van der Waals surface area contributed by atoms with Gasteiger partial charge < -0.3 is 60.3 Å². The molecule has 0 saturated heterocycles. The molecular weight excluding hydrogens is 275 g/mol. The van der Waals surface area contributed by atoms with Gasteiger partial charge in [-0.1, -0.05) is 0 Å². The van der Waals surface area contributed by atoms with Crippen LogP contribution < -0.4 is 0 Å². The minimum absolute atomic E-state index is 0. The molecule has 0 rings (SSSR count). The number of hydrogen-bond acceptors (Lipinski definition) is 12.